The molecule has 5 heteroatoms. The third-order valence-electron chi connectivity index (χ3n) is 3.28. The Morgan fingerprint density at radius 1 is 1.56 bits per heavy atom. The molecule has 0 aliphatic rings. The predicted molar refractivity (Wildman–Crippen MR) is 72.6 cm³/mol. The summed E-state index contributed by atoms with van der Waals surface area (Å²) in [5, 5.41) is 11.8. The van der Waals surface area contributed by atoms with E-state index in [0.29, 0.717) is 5.84 Å². The zero-order chi connectivity index (χ0) is 13.6. The van der Waals surface area contributed by atoms with Crippen molar-refractivity contribution in [1.29, 1.82) is 0 Å². The first-order valence-corrected chi connectivity index (χ1v) is 6.49. The lowest BCUT2D eigenvalue weighted by Crippen LogP contribution is -2.32. The average Bonchev–Trinajstić information content (AvgIpc) is 2.76. The van der Waals surface area contributed by atoms with E-state index in [1.807, 2.05) is 26.2 Å². The molecular weight excluding hydrogens is 228 g/mol. The maximum atomic E-state index is 8.72. The van der Waals surface area contributed by atoms with Gasteiger partial charge in [-0.1, -0.05) is 25.9 Å². The molecule has 1 aromatic heterocycles. The van der Waals surface area contributed by atoms with Gasteiger partial charge in [-0.2, -0.15) is 0 Å². The van der Waals surface area contributed by atoms with Crippen molar-refractivity contribution in [2.24, 2.45) is 16.3 Å². The fourth-order valence-electron chi connectivity index (χ4n) is 1.95. The smallest absolute Gasteiger partial charge is 0.144 e. The SMILES string of the molecule is CCCc1nccn1CCCC(C)(C)C(N)=NO. The monoisotopic (exact) mass is 252 g/mol. The Balaban J connectivity index is 2.49. The zero-order valence-corrected chi connectivity index (χ0v) is 11.6. The largest absolute Gasteiger partial charge is 0.409 e. The van der Waals surface area contributed by atoms with Crippen LogP contribution in [0.25, 0.3) is 0 Å². The Bertz CT molecular complexity index is 395. The summed E-state index contributed by atoms with van der Waals surface area (Å²) >= 11 is 0. The van der Waals surface area contributed by atoms with Crippen molar-refractivity contribution in [2.75, 3.05) is 0 Å². The van der Waals surface area contributed by atoms with Crippen LogP contribution in [-0.4, -0.2) is 20.6 Å². The van der Waals surface area contributed by atoms with Gasteiger partial charge in [-0.3, -0.25) is 0 Å². The molecule has 0 spiro atoms. The van der Waals surface area contributed by atoms with Gasteiger partial charge in [-0.25, -0.2) is 4.98 Å². The molecule has 0 unspecified atom stereocenters. The molecule has 18 heavy (non-hydrogen) atoms. The second-order valence-electron chi connectivity index (χ2n) is 5.26. The van der Waals surface area contributed by atoms with Crippen LogP contribution in [0.2, 0.25) is 0 Å². The van der Waals surface area contributed by atoms with Crippen molar-refractivity contribution in [3.05, 3.63) is 18.2 Å². The molecule has 1 aromatic rings. The molecular formula is C13H24N4O. The maximum Gasteiger partial charge on any atom is 0.144 e. The van der Waals surface area contributed by atoms with Gasteiger partial charge in [-0.05, 0) is 19.3 Å². The highest BCUT2D eigenvalue weighted by Crippen LogP contribution is 2.23. The normalized spacial score (nSPS) is 12.9. The molecule has 0 bridgehead atoms. The lowest BCUT2D eigenvalue weighted by atomic mass is 9.86. The van der Waals surface area contributed by atoms with Gasteiger partial charge in [0.2, 0.25) is 0 Å². The lowest BCUT2D eigenvalue weighted by molar-refractivity contribution is 0.303. The van der Waals surface area contributed by atoms with Gasteiger partial charge in [0, 0.05) is 30.8 Å². The van der Waals surface area contributed by atoms with Crippen LogP contribution in [0.5, 0.6) is 0 Å². The Morgan fingerprint density at radius 3 is 2.89 bits per heavy atom. The summed E-state index contributed by atoms with van der Waals surface area (Å²) in [7, 11) is 0. The fourth-order valence-corrected chi connectivity index (χ4v) is 1.95. The molecule has 0 saturated heterocycles. The quantitative estimate of drug-likeness (QED) is 0.338. The minimum absolute atomic E-state index is 0.264. The summed E-state index contributed by atoms with van der Waals surface area (Å²) < 4.78 is 2.19. The number of hydrogen-bond donors (Lipinski definition) is 2. The van der Waals surface area contributed by atoms with E-state index in [0.717, 1.165) is 38.1 Å². The Morgan fingerprint density at radius 2 is 2.28 bits per heavy atom. The first kappa shape index (κ1) is 14.5. The molecule has 102 valence electrons. The van der Waals surface area contributed by atoms with Gasteiger partial charge in [0.25, 0.3) is 0 Å². The van der Waals surface area contributed by atoms with Gasteiger partial charge in [-0.15, -0.1) is 0 Å². The van der Waals surface area contributed by atoms with Crippen LogP contribution in [-0.2, 0) is 13.0 Å². The molecule has 0 aliphatic carbocycles. The lowest BCUT2D eigenvalue weighted by Gasteiger charge is -2.22. The molecule has 0 aromatic carbocycles. The second kappa shape index (κ2) is 6.42. The van der Waals surface area contributed by atoms with Crippen LogP contribution in [0, 0.1) is 5.41 Å². The van der Waals surface area contributed by atoms with Crippen molar-refractivity contribution in [2.45, 2.75) is 53.0 Å². The van der Waals surface area contributed by atoms with E-state index in [2.05, 4.69) is 21.6 Å². The van der Waals surface area contributed by atoms with E-state index < -0.39 is 0 Å². The molecule has 0 saturated carbocycles. The molecule has 1 heterocycles. The summed E-state index contributed by atoms with van der Waals surface area (Å²) in [4.78, 5) is 4.35. The molecule has 1 rings (SSSR count). The van der Waals surface area contributed by atoms with Crippen LogP contribution in [0.3, 0.4) is 0 Å². The van der Waals surface area contributed by atoms with Gasteiger partial charge in [0.05, 0.1) is 0 Å². The highest BCUT2D eigenvalue weighted by molar-refractivity contribution is 5.85. The second-order valence-corrected chi connectivity index (χ2v) is 5.26. The van der Waals surface area contributed by atoms with E-state index in [4.69, 9.17) is 10.9 Å². The number of oxime groups is 1. The standard InChI is InChI=1S/C13H24N4O/c1-4-6-11-15-8-10-17(11)9-5-7-13(2,3)12(14)16-18/h8,10,18H,4-7,9H2,1-3H3,(H2,14,16). The molecule has 0 amide bonds. The third-order valence-corrected chi connectivity index (χ3v) is 3.28. The van der Waals surface area contributed by atoms with Crippen LogP contribution < -0.4 is 5.73 Å². The van der Waals surface area contributed by atoms with Crippen molar-refractivity contribution < 1.29 is 5.21 Å². The fraction of sp³-hybridized carbons (Fsp3) is 0.692. The molecule has 0 atom stereocenters. The first-order valence-electron chi connectivity index (χ1n) is 6.49. The Kier molecular flexibility index (Phi) is 5.19. The zero-order valence-electron chi connectivity index (χ0n) is 11.6. The van der Waals surface area contributed by atoms with Gasteiger partial charge in [0.15, 0.2) is 0 Å². The summed E-state index contributed by atoms with van der Waals surface area (Å²) in [6, 6.07) is 0. The van der Waals surface area contributed by atoms with Crippen LogP contribution >= 0.6 is 0 Å². The minimum Gasteiger partial charge on any atom is -0.409 e. The van der Waals surface area contributed by atoms with Crippen LogP contribution in [0.15, 0.2) is 17.5 Å². The van der Waals surface area contributed by atoms with Crippen molar-refractivity contribution in [3.63, 3.8) is 0 Å². The van der Waals surface area contributed by atoms with Crippen LogP contribution in [0.4, 0.5) is 0 Å². The first-order chi connectivity index (χ1) is 8.51. The number of nitrogens with two attached hydrogens (primary N) is 1. The van der Waals surface area contributed by atoms with E-state index in [9.17, 15) is 0 Å². The molecule has 0 aliphatic heterocycles. The number of aromatic nitrogens is 2. The minimum atomic E-state index is -0.264. The average molecular weight is 252 g/mol. The highest BCUT2D eigenvalue weighted by Gasteiger charge is 2.22. The number of nitrogens with zero attached hydrogens (tertiary/aromatic N) is 3. The Labute approximate surface area is 109 Å². The predicted octanol–water partition coefficient (Wildman–Crippen LogP) is 2.39. The van der Waals surface area contributed by atoms with Gasteiger partial charge < -0.3 is 15.5 Å². The van der Waals surface area contributed by atoms with E-state index in [-0.39, 0.29) is 5.41 Å². The van der Waals surface area contributed by atoms with E-state index in [1.54, 1.807) is 0 Å². The summed E-state index contributed by atoms with van der Waals surface area (Å²) in [6.07, 6.45) is 7.84. The summed E-state index contributed by atoms with van der Waals surface area (Å²) in [5.41, 5.74) is 5.41. The number of amidine groups is 1. The van der Waals surface area contributed by atoms with Crippen molar-refractivity contribution in [3.8, 4) is 0 Å². The Hall–Kier alpha value is -1.52. The van der Waals surface area contributed by atoms with E-state index in [1.165, 1.54) is 0 Å². The van der Waals surface area contributed by atoms with Crippen molar-refractivity contribution >= 4 is 5.84 Å². The molecule has 5 nitrogen and oxygen atoms in total. The highest BCUT2D eigenvalue weighted by atomic mass is 16.4. The molecule has 0 fully saturated rings. The molecule has 3 N–H and O–H groups in total. The topological polar surface area (TPSA) is 76.4 Å². The molecule has 0 radical (unpaired) electrons. The summed E-state index contributed by atoms with van der Waals surface area (Å²) in [5.74, 6) is 1.43. The number of hydrogen-bond acceptors (Lipinski definition) is 3. The van der Waals surface area contributed by atoms with Crippen LogP contribution in [0.1, 0.15) is 45.9 Å². The van der Waals surface area contributed by atoms with E-state index >= 15 is 0 Å². The third kappa shape index (κ3) is 3.75. The summed E-state index contributed by atoms with van der Waals surface area (Å²) in [6.45, 7) is 7.06. The van der Waals surface area contributed by atoms with Gasteiger partial charge >= 0.3 is 0 Å². The van der Waals surface area contributed by atoms with Gasteiger partial charge in [0.1, 0.15) is 11.7 Å². The number of imidazole rings is 1. The number of rotatable bonds is 7. The number of aryl methyl sites for hydroxylation is 2. The maximum absolute atomic E-state index is 8.72. The van der Waals surface area contributed by atoms with Crippen molar-refractivity contribution in [1.82, 2.24) is 9.55 Å².